The van der Waals surface area contributed by atoms with E-state index in [1.54, 1.807) is 6.26 Å². The van der Waals surface area contributed by atoms with Crippen LogP contribution in [0.5, 0.6) is 0 Å². The van der Waals surface area contributed by atoms with Crippen molar-refractivity contribution in [3.63, 3.8) is 0 Å². The molecule has 0 aliphatic carbocycles. The number of rotatable bonds is 2. The third kappa shape index (κ3) is 2.69. The first-order valence-corrected chi connectivity index (χ1v) is 6.64. The molecule has 0 saturated heterocycles. The fourth-order valence-electron chi connectivity index (χ4n) is 1.80. The van der Waals surface area contributed by atoms with Crippen LogP contribution in [0.25, 0.3) is 11.0 Å². The van der Waals surface area contributed by atoms with Gasteiger partial charge in [0.1, 0.15) is 5.58 Å². The fourth-order valence-corrected chi connectivity index (χ4v) is 2.16. The van der Waals surface area contributed by atoms with Gasteiger partial charge in [-0.2, -0.15) is 5.10 Å². The van der Waals surface area contributed by atoms with Gasteiger partial charge in [-0.25, -0.2) is 0 Å². The zero-order valence-corrected chi connectivity index (χ0v) is 11.6. The Labute approximate surface area is 118 Å². The maximum atomic E-state index is 5.45. The lowest BCUT2D eigenvalue weighted by Gasteiger charge is -2.01. The second-order valence-electron chi connectivity index (χ2n) is 4.04. The van der Waals surface area contributed by atoms with Crippen LogP contribution in [0.2, 0.25) is 0 Å². The van der Waals surface area contributed by atoms with Crippen molar-refractivity contribution in [3.8, 4) is 0 Å². The molecule has 4 heteroatoms. The molecule has 19 heavy (non-hydrogen) atoms. The highest BCUT2D eigenvalue weighted by molar-refractivity contribution is 9.10. The molecule has 94 valence electrons. The molecular weight excluding hydrogens is 304 g/mol. The van der Waals surface area contributed by atoms with Gasteiger partial charge in [0.2, 0.25) is 0 Å². The van der Waals surface area contributed by atoms with Gasteiger partial charge in [-0.05, 0) is 30.3 Å². The highest BCUT2D eigenvalue weighted by atomic mass is 79.9. The van der Waals surface area contributed by atoms with E-state index in [0.717, 1.165) is 26.5 Å². The molecule has 0 aliphatic heterocycles. The molecule has 1 aromatic heterocycles. The van der Waals surface area contributed by atoms with Gasteiger partial charge in [0.05, 0.1) is 17.3 Å². The van der Waals surface area contributed by atoms with E-state index in [4.69, 9.17) is 4.42 Å². The van der Waals surface area contributed by atoms with Gasteiger partial charge in [0, 0.05) is 15.9 Å². The van der Waals surface area contributed by atoms with Crippen LogP contribution in [0.15, 0.2) is 74.9 Å². The van der Waals surface area contributed by atoms with Gasteiger partial charge in [0.15, 0.2) is 0 Å². The summed E-state index contributed by atoms with van der Waals surface area (Å²) >= 11 is 3.46. The predicted octanol–water partition coefficient (Wildman–Crippen LogP) is 4.12. The smallest absolute Gasteiger partial charge is 0.136 e. The van der Waals surface area contributed by atoms with E-state index in [9.17, 15) is 0 Å². The number of hydrogen-bond donors (Lipinski definition) is 1. The molecule has 0 spiro atoms. The molecule has 3 aromatic rings. The molecule has 0 bridgehead atoms. The van der Waals surface area contributed by atoms with E-state index in [2.05, 4.69) is 26.5 Å². The maximum Gasteiger partial charge on any atom is 0.136 e. The van der Waals surface area contributed by atoms with Crippen LogP contribution >= 0.6 is 15.9 Å². The predicted molar refractivity (Wildman–Crippen MR) is 79.5 cm³/mol. The topological polar surface area (TPSA) is 37.5 Å². The third-order valence-corrected chi connectivity index (χ3v) is 3.21. The van der Waals surface area contributed by atoms with E-state index in [1.807, 2.05) is 54.6 Å². The Balaban J connectivity index is 2.07. The number of anilines is 1. The summed E-state index contributed by atoms with van der Waals surface area (Å²) in [4.78, 5) is 0. The van der Waals surface area contributed by atoms with Crippen molar-refractivity contribution in [1.82, 2.24) is 0 Å². The van der Waals surface area contributed by atoms with Crippen LogP contribution in [0.1, 0.15) is 0 Å². The Morgan fingerprint density at radius 1 is 1.00 bits per heavy atom. The Kier molecular flexibility index (Phi) is 3.33. The second-order valence-corrected chi connectivity index (χ2v) is 4.95. The molecule has 1 heterocycles. The molecule has 2 aromatic carbocycles. The van der Waals surface area contributed by atoms with Gasteiger partial charge in [-0.3, -0.25) is 5.43 Å². The van der Waals surface area contributed by atoms with E-state index < -0.39 is 0 Å². The summed E-state index contributed by atoms with van der Waals surface area (Å²) in [6.07, 6.45) is 1.64. The molecule has 0 radical (unpaired) electrons. The fraction of sp³-hybridized carbons (Fsp3) is 0. The van der Waals surface area contributed by atoms with Crippen molar-refractivity contribution in [3.05, 3.63) is 70.7 Å². The minimum absolute atomic E-state index is 0.805. The van der Waals surface area contributed by atoms with Gasteiger partial charge in [-0.15, -0.1) is 0 Å². The monoisotopic (exact) mass is 314 g/mol. The van der Waals surface area contributed by atoms with E-state index in [-0.39, 0.29) is 0 Å². The lowest BCUT2D eigenvalue weighted by Crippen LogP contribution is -2.05. The summed E-state index contributed by atoms with van der Waals surface area (Å²) in [5.41, 5.74) is 4.80. The van der Waals surface area contributed by atoms with E-state index >= 15 is 0 Å². The van der Waals surface area contributed by atoms with Crippen LogP contribution < -0.4 is 10.8 Å². The average Bonchev–Trinajstić information content (AvgIpc) is 2.46. The van der Waals surface area contributed by atoms with Crippen LogP contribution in [0, 0.1) is 0 Å². The first-order chi connectivity index (χ1) is 9.33. The molecule has 0 unspecified atom stereocenters. The minimum atomic E-state index is 0.805. The highest BCUT2D eigenvalue weighted by Gasteiger charge is 1.99. The average molecular weight is 315 g/mol. The number of fused-ring (bicyclic) bond motifs is 1. The minimum Gasteiger partial charge on any atom is -0.464 e. The van der Waals surface area contributed by atoms with Gasteiger partial charge >= 0.3 is 0 Å². The highest BCUT2D eigenvalue weighted by Crippen LogP contribution is 2.16. The van der Waals surface area contributed by atoms with Crippen LogP contribution in [-0.2, 0) is 0 Å². The summed E-state index contributed by atoms with van der Waals surface area (Å²) in [5.74, 6) is 0. The molecule has 1 N–H and O–H groups in total. The molecule has 0 fully saturated rings. The summed E-state index contributed by atoms with van der Waals surface area (Å²) in [6, 6.07) is 17.5. The van der Waals surface area contributed by atoms with Crippen molar-refractivity contribution in [2.24, 2.45) is 5.10 Å². The Morgan fingerprint density at radius 2 is 1.84 bits per heavy atom. The SMILES string of the molecule is Brc1ccc2occc(=NNc3ccccc3)c2c1. The lowest BCUT2D eigenvalue weighted by molar-refractivity contribution is 0.602. The number of nitrogens with zero attached hydrogens (tertiary/aromatic N) is 1. The Hall–Kier alpha value is -2.07. The van der Waals surface area contributed by atoms with Crippen molar-refractivity contribution in [1.29, 1.82) is 0 Å². The lowest BCUT2D eigenvalue weighted by atomic mass is 10.2. The third-order valence-electron chi connectivity index (χ3n) is 2.72. The summed E-state index contributed by atoms with van der Waals surface area (Å²) < 4.78 is 6.45. The Bertz CT molecular complexity index is 766. The molecule has 0 saturated carbocycles. The van der Waals surface area contributed by atoms with Crippen LogP contribution in [0.3, 0.4) is 0 Å². The van der Waals surface area contributed by atoms with Crippen LogP contribution in [-0.4, -0.2) is 0 Å². The normalized spacial score (nSPS) is 11.7. The largest absolute Gasteiger partial charge is 0.464 e. The number of halogens is 1. The number of para-hydroxylation sites is 1. The molecular formula is C15H11BrN2O. The van der Waals surface area contributed by atoms with Crippen molar-refractivity contribution < 1.29 is 4.42 Å². The Morgan fingerprint density at radius 3 is 2.68 bits per heavy atom. The van der Waals surface area contributed by atoms with Crippen molar-refractivity contribution >= 4 is 32.6 Å². The molecule has 0 amide bonds. The zero-order valence-electron chi connectivity index (χ0n) is 10.0. The summed E-state index contributed by atoms with van der Waals surface area (Å²) in [5, 5.41) is 6.21. The molecule has 3 nitrogen and oxygen atoms in total. The maximum absolute atomic E-state index is 5.45. The van der Waals surface area contributed by atoms with Gasteiger partial charge in [-0.1, -0.05) is 34.1 Å². The molecule has 0 atom stereocenters. The first-order valence-electron chi connectivity index (χ1n) is 5.85. The first kappa shape index (κ1) is 12.0. The van der Waals surface area contributed by atoms with Gasteiger partial charge in [0.25, 0.3) is 0 Å². The number of nitrogens with one attached hydrogen (secondary N) is 1. The molecule has 3 rings (SSSR count). The summed E-state index contributed by atoms with van der Waals surface area (Å²) in [7, 11) is 0. The standard InChI is InChI=1S/C15H11BrN2O/c16-11-6-7-15-13(10-11)14(8-9-19-15)18-17-12-4-2-1-3-5-12/h1-10,17H. The quantitative estimate of drug-likeness (QED) is 0.722. The van der Waals surface area contributed by atoms with Gasteiger partial charge < -0.3 is 4.42 Å². The number of benzene rings is 2. The van der Waals surface area contributed by atoms with Crippen LogP contribution in [0.4, 0.5) is 5.69 Å². The molecule has 0 aliphatic rings. The zero-order chi connectivity index (χ0) is 13.1. The summed E-state index contributed by atoms with van der Waals surface area (Å²) in [6.45, 7) is 0. The van der Waals surface area contributed by atoms with Crippen molar-refractivity contribution in [2.75, 3.05) is 5.43 Å². The van der Waals surface area contributed by atoms with Crippen molar-refractivity contribution in [2.45, 2.75) is 0 Å². The second kappa shape index (κ2) is 5.28. The van der Waals surface area contributed by atoms with E-state index in [1.165, 1.54) is 0 Å². The number of hydrogen-bond acceptors (Lipinski definition) is 3. The van der Waals surface area contributed by atoms with E-state index in [0.29, 0.717) is 0 Å².